The fourth-order valence-corrected chi connectivity index (χ4v) is 2.74. The van der Waals surface area contributed by atoms with Gasteiger partial charge in [0.25, 0.3) is 0 Å². The maximum Gasteiger partial charge on any atom is 0.0238 e. The number of terminal acetylenes is 1. The first-order valence-electron chi connectivity index (χ1n) is 7.23. The minimum atomic E-state index is 0.434. The van der Waals surface area contributed by atoms with Gasteiger partial charge in [-0.15, -0.1) is 12.3 Å². The first-order valence-corrected chi connectivity index (χ1v) is 7.23. The molecule has 1 aliphatic rings. The van der Waals surface area contributed by atoms with E-state index < -0.39 is 0 Å². The van der Waals surface area contributed by atoms with Crippen molar-refractivity contribution in [1.29, 1.82) is 0 Å². The molecule has 1 heterocycles. The van der Waals surface area contributed by atoms with Crippen molar-refractivity contribution >= 4 is 0 Å². The third-order valence-electron chi connectivity index (χ3n) is 3.78. The van der Waals surface area contributed by atoms with Crippen LogP contribution < -0.4 is 5.32 Å². The van der Waals surface area contributed by atoms with E-state index in [1.165, 1.54) is 18.5 Å². The second kappa shape index (κ2) is 7.33. The number of hydrogen-bond donors (Lipinski definition) is 1. The normalized spacial score (nSPS) is 21.2. The fraction of sp³-hybridized carbons (Fsp3) is 0.529. The first kappa shape index (κ1) is 14.1. The molecule has 2 unspecified atom stereocenters. The van der Waals surface area contributed by atoms with Crippen LogP contribution in [0, 0.1) is 12.3 Å². The number of nitrogens with one attached hydrogen (secondary N) is 1. The zero-order valence-corrected chi connectivity index (χ0v) is 11.8. The molecule has 102 valence electrons. The van der Waals surface area contributed by atoms with Crippen molar-refractivity contribution in [2.75, 3.05) is 19.6 Å². The fourth-order valence-electron chi connectivity index (χ4n) is 2.74. The summed E-state index contributed by atoms with van der Waals surface area (Å²) in [5, 5.41) is 3.62. The molecule has 1 aromatic rings. The molecule has 1 aromatic carbocycles. The lowest BCUT2D eigenvalue weighted by Crippen LogP contribution is -2.38. The Morgan fingerprint density at radius 1 is 1.42 bits per heavy atom. The Labute approximate surface area is 117 Å². The van der Waals surface area contributed by atoms with E-state index in [4.69, 9.17) is 6.42 Å². The molecule has 0 spiro atoms. The molecule has 0 aliphatic carbocycles. The molecule has 0 bridgehead atoms. The lowest BCUT2D eigenvalue weighted by Gasteiger charge is -2.19. The molecule has 0 amide bonds. The standard InChI is InChI=1S/C17H24N2/c1-3-7-15(2)18-17-11-13-19(14-17)12-10-16-8-5-4-6-9-16/h1,4-6,8-9,15,17-18H,7,10-14H2,2H3. The van der Waals surface area contributed by atoms with Crippen molar-refractivity contribution in [2.45, 2.75) is 38.3 Å². The SMILES string of the molecule is C#CCC(C)NC1CCN(CCc2ccccc2)C1. The van der Waals surface area contributed by atoms with Crippen LogP contribution in [-0.2, 0) is 6.42 Å². The highest BCUT2D eigenvalue weighted by molar-refractivity contribution is 5.14. The summed E-state index contributed by atoms with van der Waals surface area (Å²) >= 11 is 0. The van der Waals surface area contributed by atoms with Gasteiger partial charge in [-0.1, -0.05) is 30.3 Å². The van der Waals surface area contributed by atoms with Crippen LogP contribution in [-0.4, -0.2) is 36.6 Å². The van der Waals surface area contributed by atoms with Gasteiger partial charge in [-0.2, -0.15) is 0 Å². The molecular weight excluding hydrogens is 232 g/mol. The first-order chi connectivity index (χ1) is 9.28. The van der Waals surface area contributed by atoms with Crippen LogP contribution in [0.4, 0.5) is 0 Å². The summed E-state index contributed by atoms with van der Waals surface area (Å²) < 4.78 is 0. The largest absolute Gasteiger partial charge is 0.309 e. The Morgan fingerprint density at radius 2 is 2.21 bits per heavy atom. The van der Waals surface area contributed by atoms with Crippen LogP contribution in [0.2, 0.25) is 0 Å². The zero-order valence-electron chi connectivity index (χ0n) is 11.8. The van der Waals surface area contributed by atoms with Gasteiger partial charge in [-0.05, 0) is 31.9 Å². The van der Waals surface area contributed by atoms with E-state index in [1.54, 1.807) is 0 Å². The van der Waals surface area contributed by atoms with Crippen molar-refractivity contribution in [3.8, 4) is 12.3 Å². The predicted octanol–water partition coefficient (Wildman–Crippen LogP) is 2.30. The molecular formula is C17H24N2. The minimum absolute atomic E-state index is 0.434. The van der Waals surface area contributed by atoms with E-state index in [9.17, 15) is 0 Å². The number of nitrogens with zero attached hydrogens (tertiary/aromatic N) is 1. The monoisotopic (exact) mass is 256 g/mol. The number of benzene rings is 1. The van der Waals surface area contributed by atoms with Crippen LogP contribution in [0.15, 0.2) is 30.3 Å². The maximum absolute atomic E-state index is 5.34. The smallest absolute Gasteiger partial charge is 0.0238 e. The van der Waals surface area contributed by atoms with E-state index in [0.29, 0.717) is 12.1 Å². The Kier molecular flexibility index (Phi) is 5.44. The van der Waals surface area contributed by atoms with E-state index in [1.807, 2.05) is 0 Å². The Hall–Kier alpha value is -1.30. The molecule has 1 fully saturated rings. The van der Waals surface area contributed by atoms with E-state index in [2.05, 4.69) is 53.4 Å². The molecule has 19 heavy (non-hydrogen) atoms. The Bertz CT molecular complexity index is 407. The highest BCUT2D eigenvalue weighted by Crippen LogP contribution is 2.11. The van der Waals surface area contributed by atoms with E-state index >= 15 is 0 Å². The number of likely N-dealkylation sites (tertiary alicyclic amines) is 1. The quantitative estimate of drug-likeness (QED) is 0.786. The number of rotatable bonds is 6. The van der Waals surface area contributed by atoms with Gasteiger partial charge in [0.2, 0.25) is 0 Å². The molecule has 1 N–H and O–H groups in total. The third kappa shape index (κ3) is 4.70. The average Bonchev–Trinajstić information content (AvgIpc) is 2.85. The van der Waals surface area contributed by atoms with Crippen molar-refractivity contribution in [3.05, 3.63) is 35.9 Å². The van der Waals surface area contributed by atoms with Crippen LogP contribution in [0.25, 0.3) is 0 Å². The van der Waals surface area contributed by atoms with Gasteiger partial charge in [-0.25, -0.2) is 0 Å². The predicted molar refractivity (Wildman–Crippen MR) is 81.0 cm³/mol. The van der Waals surface area contributed by atoms with Gasteiger partial charge in [0.1, 0.15) is 0 Å². The molecule has 2 atom stereocenters. The van der Waals surface area contributed by atoms with Gasteiger partial charge in [0.05, 0.1) is 0 Å². The van der Waals surface area contributed by atoms with Crippen LogP contribution in [0.1, 0.15) is 25.3 Å². The topological polar surface area (TPSA) is 15.3 Å². The van der Waals surface area contributed by atoms with Gasteiger partial charge in [0, 0.05) is 31.6 Å². The van der Waals surface area contributed by atoms with Crippen LogP contribution in [0.3, 0.4) is 0 Å². The summed E-state index contributed by atoms with van der Waals surface area (Å²) in [6, 6.07) is 11.8. The summed E-state index contributed by atoms with van der Waals surface area (Å²) in [7, 11) is 0. The molecule has 2 rings (SSSR count). The van der Waals surface area contributed by atoms with Crippen molar-refractivity contribution in [2.24, 2.45) is 0 Å². The molecule has 1 aliphatic heterocycles. The second-order valence-corrected chi connectivity index (χ2v) is 5.50. The summed E-state index contributed by atoms with van der Waals surface area (Å²) in [4.78, 5) is 2.55. The summed E-state index contributed by atoms with van der Waals surface area (Å²) in [5.74, 6) is 2.72. The lowest BCUT2D eigenvalue weighted by atomic mass is 10.1. The highest BCUT2D eigenvalue weighted by Gasteiger charge is 2.22. The van der Waals surface area contributed by atoms with Gasteiger partial charge in [0.15, 0.2) is 0 Å². The van der Waals surface area contributed by atoms with Crippen LogP contribution >= 0.6 is 0 Å². The molecule has 0 aromatic heterocycles. The minimum Gasteiger partial charge on any atom is -0.309 e. The molecule has 1 saturated heterocycles. The van der Waals surface area contributed by atoms with Crippen molar-refractivity contribution in [3.63, 3.8) is 0 Å². The summed E-state index contributed by atoms with van der Waals surface area (Å²) in [5.41, 5.74) is 1.43. The average molecular weight is 256 g/mol. The van der Waals surface area contributed by atoms with E-state index in [-0.39, 0.29) is 0 Å². The van der Waals surface area contributed by atoms with Crippen molar-refractivity contribution < 1.29 is 0 Å². The molecule has 2 nitrogen and oxygen atoms in total. The molecule has 0 radical (unpaired) electrons. The Morgan fingerprint density at radius 3 is 2.95 bits per heavy atom. The van der Waals surface area contributed by atoms with Gasteiger partial charge < -0.3 is 10.2 Å². The Balaban J connectivity index is 1.69. The lowest BCUT2D eigenvalue weighted by molar-refractivity contribution is 0.327. The summed E-state index contributed by atoms with van der Waals surface area (Å²) in [6.45, 7) is 5.69. The molecule has 2 heteroatoms. The van der Waals surface area contributed by atoms with Crippen molar-refractivity contribution in [1.82, 2.24) is 10.2 Å². The van der Waals surface area contributed by atoms with Gasteiger partial charge in [-0.3, -0.25) is 0 Å². The summed E-state index contributed by atoms with van der Waals surface area (Å²) in [6.07, 6.45) is 8.55. The van der Waals surface area contributed by atoms with Crippen LogP contribution in [0.5, 0.6) is 0 Å². The molecule has 0 saturated carbocycles. The van der Waals surface area contributed by atoms with E-state index in [0.717, 1.165) is 25.9 Å². The maximum atomic E-state index is 5.34. The zero-order chi connectivity index (χ0) is 13.5. The van der Waals surface area contributed by atoms with Gasteiger partial charge >= 0.3 is 0 Å². The third-order valence-corrected chi connectivity index (χ3v) is 3.78. The second-order valence-electron chi connectivity index (χ2n) is 5.50. The number of hydrogen-bond acceptors (Lipinski definition) is 2. The highest BCUT2D eigenvalue weighted by atomic mass is 15.2.